The molecule has 0 aliphatic heterocycles. The van der Waals surface area contributed by atoms with Gasteiger partial charge in [-0.05, 0) is 11.5 Å². The van der Waals surface area contributed by atoms with Gasteiger partial charge in [-0.3, -0.25) is 4.79 Å². The average molecular weight is 379 g/mol. The lowest BCUT2D eigenvalue weighted by atomic mass is 9.96. The van der Waals surface area contributed by atoms with Crippen LogP contribution in [-0.4, -0.2) is 30.2 Å². The van der Waals surface area contributed by atoms with E-state index in [1.807, 2.05) is 32.1 Å². The van der Waals surface area contributed by atoms with Crippen molar-refractivity contribution in [1.82, 2.24) is 4.98 Å². The Morgan fingerprint density at radius 3 is 2.36 bits per heavy atom. The summed E-state index contributed by atoms with van der Waals surface area (Å²) in [5.74, 6) is -0.653. The second kappa shape index (κ2) is 9.36. The van der Waals surface area contributed by atoms with Crippen LogP contribution in [0.25, 0.3) is 11.1 Å². The molecule has 2 rings (SSSR count). The van der Waals surface area contributed by atoms with E-state index in [1.165, 1.54) is 0 Å². The zero-order valence-corrected chi connectivity index (χ0v) is 15.7. The minimum Gasteiger partial charge on any atom is -0.473 e. The van der Waals surface area contributed by atoms with Gasteiger partial charge in [0, 0.05) is 5.56 Å². The molecule has 0 unspecified atom stereocenters. The van der Waals surface area contributed by atoms with Crippen molar-refractivity contribution >= 4 is 11.8 Å². The first-order valence-corrected chi connectivity index (χ1v) is 8.64. The Hall–Kier alpha value is -3.62. The highest BCUT2D eigenvalue weighted by Gasteiger charge is 2.22. The number of carbonyl (C=O) groups is 1. The lowest BCUT2D eigenvalue weighted by Crippen LogP contribution is -2.37. The molecule has 8 heteroatoms. The molecule has 0 saturated heterocycles. The van der Waals surface area contributed by atoms with Gasteiger partial charge in [-0.1, -0.05) is 44.2 Å². The first-order valence-electron chi connectivity index (χ1n) is 8.64. The van der Waals surface area contributed by atoms with Crippen LogP contribution in [0.3, 0.4) is 0 Å². The summed E-state index contributed by atoms with van der Waals surface area (Å²) >= 11 is 0. The van der Waals surface area contributed by atoms with Crippen molar-refractivity contribution in [1.29, 1.82) is 10.5 Å². The molecule has 1 aromatic heterocycles. The number of nitrogen functional groups attached to an aromatic ring is 1. The quantitative estimate of drug-likeness (QED) is 0.548. The van der Waals surface area contributed by atoms with Gasteiger partial charge in [-0.2, -0.15) is 15.5 Å². The molecule has 0 amide bonds. The SMILES string of the molecule is CC(C)[C@H](N)C(=O)OCCOc1nc(N)c(C#N)c(-c2ccccc2)c1C#N. The monoisotopic (exact) mass is 379 g/mol. The maximum Gasteiger partial charge on any atom is 0.323 e. The standard InChI is InChI=1S/C20H21N5O3/c1-12(2)17(23)20(26)28-9-8-27-19-15(11-22)16(13-6-4-3-5-7-13)14(10-21)18(24)25-19/h3-7,12,17H,8-9,23H2,1-2H3,(H2,24,25)/t17-/m0/s1. The molecule has 1 aromatic carbocycles. The minimum absolute atomic E-state index is 0.0259. The number of pyridine rings is 1. The average Bonchev–Trinajstić information content (AvgIpc) is 2.70. The Balaban J connectivity index is 2.25. The number of anilines is 1. The van der Waals surface area contributed by atoms with Gasteiger partial charge < -0.3 is 20.9 Å². The normalized spacial score (nSPS) is 11.4. The Morgan fingerprint density at radius 2 is 1.79 bits per heavy atom. The van der Waals surface area contributed by atoms with Crippen molar-refractivity contribution < 1.29 is 14.3 Å². The molecule has 4 N–H and O–H groups in total. The van der Waals surface area contributed by atoms with E-state index in [0.29, 0.717) is 11.1 Å². The summed E-state index contributed by atoms with van der Waals surface area (Å²) < 4.78 is 10.6. The Kier molecular flexibility index (Phi) is 6.91. The molecular formula is C20H21N5O3. The van der Waals surface area contributed by atoms with E-state index < -0.39 is 12.0 Å². The zero-order chi connectivity index (χ0) is 20.7. The summed E-state index contributed by atoms with van der Waals surface area (Å²) in [5.41, 5.74) is 12.8. The molecule has 0 aliphatic rings. The van der Waals surface area contributed by atoms with Gasteiger partial charge in [-0.25, -0.2) is 0 Å². The largest absolute Gasteiger partial charge is 0.473 e. The molecule has 0 aliphatic carbocycles. The van der Waals surface area contributed by atoms with Crippen LogP contribution >= 0.6 is 0 Å². The molecule has 8 nitrogen and oxygen atoms in total. The van der Waals surface area contributed by atoms with Crippen LogP contribution < -0.4 is 16.2 Å². The molecule has 1 heterocycles. The molecule has 1 atom stereocenters. The summed E-state index contributed by atoms with van der Waals surface area (Å²) in [7, 11) is 0. The number of benzene rings is 1. The van der Waals surface area contributed by atoms with E-state index in [1.54, 1.807) is 24.3 Å². The number of hydrogen-bond acceptors (Lipinski definition) is 8. The summed E-state index contributed by atoms with van der Waals surface area (Å²) in [6.07, 6.45) is 0. The Labute approximate surface area is 163 Å². The number of esters is 1. The number of nitriles is 2. The zero-order valence-electron chi connectivity index (χ0n) is 15.7. The lowest BCUT2D eigenvalue weighted by Gasteiger charge is -2.16. The third-order valence-electron chi connectivity index (χ3n) is 4.03. The predicted molar refractivity (Wildman–Crippen MR) is 103 cm³/mol. The summed E-state index contributed by atoms with van der Waals surface area (Å²) in [5, 5.41) is 19.1. The van der Waals surface area contributed by atoms with Crippen LogP contribution in [0, 0.1) is 28.6 Å². The Morgan fingerprint density at radius 1 is 1.14 bits per heavy atom. The molecule has 0 bridgehead atoms. The fourth-order valence-electron chi connectivity index (χ4n) is 2.45. The van der Waals surface area contributed by atoms with Crippen LogP contribution in [0.2, 0.25) is 0 Å². The molecule has 0 radical (unpaired) electrons. The van der Waals surface area contributed by atoms with E-state index in [0.717, 1.165) is 0 Å². The summed E-state index contributed by atoms with van der Waals surface area (Å²) in [6, 6.07) is 12.2. The Bertz CT molecular complexity index is 930. The van der Waals surface area contributed by atoms with Crippen molar-refractivity contribution in [3.8, 4) is 29.1 Å². The van der Waals surface area contributed by atoms with Gasteiger partial charge in [0.05, 0.1) is 0 Å². The molecule has 2 aromatic rings. The molecule has 0 fully saturated rings. The lowest BCUT2D eigenvalue weighted by molar-refractivity contribution is -0.147. The van der Waals surface area contributed by atoms with Gasteiger partial charge in [0.25, 0.3) is 0 Å². The molecule has 28 heavy (non-hydrogen) atoms. The van der Waals surface area contributed by atoms with Gasteiger partial charge >= 0.3 is 5.97 Å². The number of carbonyl (C=O) groups excluding carboxylic acids is 1. The number of aromatic nitrogens is 1. The number of nitrogens with two attached hydrogens (primary N) is 2. The van der Waals surface area contributed by atoms with Gasteiger partial charge in [0.15, 0.2) is 0 Å². The third-order valence-corrected chi connectivity index (χ3v) is 4.03. The first kappa shape index (κ1) is 20.7. The van der Waals surface area contributed by atoms with Crippen molar-refractivity contribution in [2.45, 2.75) is 19.9 Å². The third kappa shape index (κ3) is 4.56. The predicted octanol–water partition coefficient (Wildman–Crippen LogP) is 1.98. The summed E-state index contributed by atoms with van der Waals surface area (Å²) in [6.45, 7) is 3.52. The topological polar surface area (TPSA) is 148 Å². The maximum absolute atomic E-state index is 11.8. The van der Waals surface area contributed by atoms with Crippen molar-refractivity contribution in [2.24, 2.45) is 11.7 Å². The maximum atomic E-state index is 11.8. The smallest absolute Gasteiger partial charge is 0.323 e. The fraction of sp³-hybridized carbons (Fsp3) is 0.300. The number of hydrogen-bond donors (Lipinski definition) is 2. The van der Waals surface area contributed by atoms with E-state index in [4.69, 9.17) is 20.9 Å². The van der Waals surface area contributed by atoms with Crippen LogP contribution in [0.15, 0.2) is 30.3 Å². The molecule has 144 valence electrons. The highest BCUT2D eigenvalue weighted by molar-refractivity contribution is 5.82. The number of nitrogens with zero attached hydrogens (tertiary/aromatic N) is 3. The van der Waals surface area contributed by atoms with E-state index in [9.17, 15) is 15.3 Å². The number of rotatable bonds is 7. The molecular weight excluding hydrogens is 358 g/mol. The first-order chi connectivity index (χ1) is 13.4. The molecule has 0 saturated carbocycles. The van der Waals surface area contributed by atoms with Crippen molar-refractivity contribution in [3.05, 3.63) is 41.5 Å². The van der Waals surface area contributed by atoms with Gasteiger partial charge in [0.2, 0.25) is 5.88 Å². The van der Waals surface area contributed by atoms with Crippen LogP contribution in [-0.2, 0) is 9.53 Å². The van der Waals surface area contributed by atoms with E-state index in [2.05, 4.69) is 4.98 Å². The van der Waals surface area contributed by atoms with Crippen LogP contribution in [0.1, 0.15) is 25.0 Å². The van der Waals surface area contributed by atoms with Gasteiger partial charge in [0.1, 0.15) is 48.3 Å². The van der Waals surface area contributed by atoms with Crippen molar-refractivity contribution in [3.63, 3.8) is 0 Å². The van der Waals surface area contributed by atoms with Crippen LogP contribution in [0.4, 0.5) is 5.82 Å². The fourth-order valence-corrected chi connectivity index (χ4v) is 2.45. The number of ether oxygens (including phenoxy) is 2. The highest BCUT2D eigenvalue weighted by Crippen LogP contribution is 2.34. The van der Waals surface area contributed by atoms with E-state index >= 15 is 0 Å². The van der Waals surface area contributed by atoms with Crippen LogP contribution in [0.5, 0.6) is 5.88 Å². The molecule has 0 spiro atoms. The summed E-state index contributed by atoms with van der Waals surface area (Å²) in [4.78, 5) is 15.8. The van der Waals surface area contributed by atoms with Gasteiger partial charge in [-0.15, -0.1) is 0 Å². The van der Waals surface area contributed by atoms with Crippen molar-refractivity contribution in [2.75, 3.05) is 18.9 Å². The second-order valence-electron chi connectivity index (χ2n) is 6.30. The minimum atomic E-state index is -0.719. The van der Waals surface area contributed by atoms with E-state index in [-0.39, 0.29) is 42.0 Å². The second-order valence-corrected chi connectivity index (χ2v) is 6.30. The highest BCUT2D eigenvalue weighted by atomic mass is 16.6.